The van der Waals surface area contributed by atoms with Crippen LogP contribution >= 0.6 is 11.3 Å². The average Bonchev–Trinajstić information content (AvgIpc) is 2.97. The van der Waals surface area contributed by atoms with Gasteiger partial charge < -0.3 is 4.74 Å². The summed E-state index contributed by atoms with van der Waals surface area (Å²) in [5, 5.41) is 1.81. The summed E-state index contributed by atoms with van der Waals surface area (Å²) in [6.07, 6.45) is -4.98. The van der Waals surface area contributed by atoms with E-state index in [-0.39, 0.29) is 5.92 Å². The van der Waals surface area contributed by atoms with Crippen molar-refractivity contribution in [2.45, 2.75) is 31.1 Å². The number of hydrogen-bond donors (Lipinski definition) is 1. The predicted molar refractivity (Wildman–Crippen MR) is 85.3 cm³/mol. The second kappa shape index (κ2) is 7.12. The van der Waals surface area contributed by atoms with Crippen molar-refractivity contribution in [3.05, 3.63) is 46.7 Å². The average molecular weight is 379 g/mol. The molecule has 0 aliphatic carbocycles. The van der Waals surface area contributed by atoms with Gasteiger partial charge in [0, 0.05) is 4.88 Å². The van der Waals surface area contributed by atoms with Crippen LogP contribution in [-0.2, 0) is 10.0 Å². The second-order valence-corrected chi connectivity index (χ2v) is 8.01. The Kier molecular flexibility index (Phi) is 5.56. The minimum Gasteiger partial charge on any atom is -0.404 e. The van der Waals surface area contributed by atoms with E-state index in [1.807, 2.05) is 13.8 Å². The molecule has 4 nitrogen and oxygen atoms in total. The van der Waals surface area contributed by atoms with E-state index >= 15 is 0 Å². The van der Waals surface area contributed by atoms with E-state index in [0.29, 0.717) is 0 Å². The maximum absolute atomic E-state index is 12.6. The number of rotatable bonds is 6. The van der Waals surface area contributed by atoms with Crippen LogP contribution in [0, 0.1) is 5.92 Å². The topological polar surface area (TPSA) is 55.4 Å². The zero-order valence-electron chi connectivity index (χ0n) is 12.9. The monoisotopic (exact) mass is 379 g/mol. The van der Waals surface area contributed by atoms with Crippen LogP contribution in [0.1, 0.15) is 24.8 Å². The Labute approximate surface area is 142 Å². The molecule has 1 aromatic heterocycles. The fraction of sp³-hybridized carbons (Fsp3) is 0.333. The van der Waals surface area contributed by atoms with Gasteiger partial charge in [-0.1, -0.05) is 32.0 Å². The second-order valence-electron chi connectivity index (χ2n) is 5.35. The third kappa shape index (κ3) is 4.71. The molecule has 1 atom stereocenters. The van der Waals surface area contributed by atoms with E-state index in [2.05, 4.69) is 9.46 Å². The van der Waals surface area contributed by atoms with Crippen LogP contribution in [-0.4, -0.2) is 14.8 Å². The Hall–Kier alpha value is -1.58. The first kappa shape index (κ1) is 18.8. The molecule has 9 heteroatoms. The van der Waals surface area contributed by atoms with Gasteiger partial charge in [-0.3, -0.25) is 0 Å². The Morgan fingerprint density at radius 2 is 1.79 bits per heavy atom. The maximum Gasteiger partial charge on any atom is 0.573 e. The first-order valence-electron chi connectivity index (χ1n) is 7.00. The minimum absolute atomic E-state index is 0.0888. The zero-order chi connectivity index (χ0) is 18.0. The summed E-state index contributed by atoms with van der Waals surface area (Å²) >= 11 is 1.37. The Morgan fingerprint density at radius 1 is 1.12 bits per heavy atom. The number of hydrogen-bond acceptors (Lipinski definition) is 4. The molecule has 1 aromatic carbocycles. The molecule has 132 valence electrons. The lowest BCUT2D eigenvalue weighted by atomic mass is 10.0. The highest BCUT2D eigenvalue weighted by atomic mass is 32.2. The molecule has 24 heavy (non-hydrogen) atoms. The van der Waals surface area contributed by atoms with Gasteiger partial charge in [-0.25, -0.2) is 13.1 Å². The Bertz CT molecular complexity index is 772. The first-order valence-corrected chi connectivity index (χ1v) is 9.37. The number of ether oxygens (including phenoxy) is 1. The van der Waals surface area contributed by atoms with E-state index in [0.717, 1.165) is 17.0 Å². The minimum atomic E-state index is -4.98. The lowest BCUT2D eigenvalue weighted by Crippen LogP contribution is -2.32. The van der Waals surface area contributed by atoms with Crippen LogP contribution in [0.5, 0.6) is 5.75 Å². The van der Waals surface area contributed by atoms with Crippen LogP contribution in [0.15, 0.2) is 46.7 Å². The van der Waals surface area contributed by atoms with E-state index in [1.165, 1.54) is 23.5 Å². The summed E-state index contributed by atoms with van der Waals surface area (Å²) in [5.74, 6) is -0.847. The molecule has 1 heterocycles. The van der Waals surface area contributed by atoms with Gasteiger partial charge >= 0.3 is 6.36 Å². The first-order chi connectivity index (χ1) is 11.1. The third-order valence-corrected chi connectivity index (χ3v) is 5.60. The van der Waals surface area contributed by atoms with Gasteiger partial charge in [0.1, 0.15) is 10.6 Å². The van der Waals surface area contributed by atoms with Crippen molar-refractivity contribution in [1.29, 1.82) is 0 Å². The molecule has 0 aliphatic rings. The predicted octanol–water partition coefficient (Wildman–Crippen LogP) is 4.32. The van der Waals surface area contributed by atoms with Crippen molar-refractivity contribution in [2.75, 3.05) is 0 Å². The van der Waals surface area contributed by atoms with Gasteiger partial charge in [-0.2, -0.15) is 0 Å². The van der Waals surface area contributed by atoms with Crippen LogP contribution < -0.4 is 9.46 Å². The van der Waals surface area contributed by atoms with Crippen LogP contribution in [0.3, 0.4) is 0 Å². The molecular formula is C15H16F3NO3S2. The standard InChI is InChI=1S/C15H16F3NO3S2/c1-10(2)14(12-7-5-9-23-12)19-24(20,21)13-8-4-3-6-11(13)22-15(16,17)18/h3-10,14,19H,1-2H3. The van der Waals surface area contributed by atoms with Crippen molar-refractivity contribution >= 4 is 21.4 Å². The number of benzene rings is 1. The molecule has 0 saturated heterocycles. The molecule has 2 rings (SSSR count). The smallest absolute Gasteiger partial charge is 0.404 e. The van der Waals surface area contributed by atoms with Gasteiger partial charge in [-0.15, -0.1) is 24.5 Å². The molecule has 1 unspecified atom stereocenters. The molecule has 0 saturated carbocycles. The largest absolute Gasteiger partial charge is 0.573 e. The van der Waals surface area contributed by atoms with Crippen molar-refractivity contribution in [3.8, 4) is 5.75 Å². The van der Waals surface area contributed by atoms with Crippen LogP contribution in [0.4, 0.5) is 13.2 Å². The molecule has 0 spiro atoms. The van der Waals surface area contributed by atoms with Gasteiger partial charge in [0.15, 0.2) is 0 Å². The normalized spacial score (nSPS) is 13.9. The Balaban J connectivity index is 2.37. The Morgan fingerprint density at radius 3 is 2.33 bits per heavy atom. The van der Waals surface area contributed by atoms with E-state index in [9.17, 15) is 21.6 Å². The zero-order valence-corrected chi connectivity index (χ0v) is 14.5. The number of nitrogens with one attached hydrogen (secondary N) is 1. The highest BCUT2D eigenvalue weighted by Gasteiger charge is 2.34. The van der Waals surface area contributed by atoms with Crippen molar-refractivity contribution in [2.24, 2.45) is 5.92 Å². The molecule has 1 N–H and O–H groups in total. The van der Waals surface area contributed by atoms with Crippen LogP contribution in [0.25, 0.3) is 0 Å². The molecule has 0 radical (unpaired) electrons. The summed E-state index contributed by atoms with van der Waals surface area (Å²) in [6, 6.07) is 7.67. The molecule has 0 fully saturated rings. The summed E-state index contributed by atoms with van der Waals surface area (Å²) in [5.41, 5.74) is 0. The summed E-state index contributed by atoms with van der Waals surface area (Å²) < 4.78 is 69.0. The van der Waals surface area contributed by atoms with Gasteiger partial charge in [0.2, 0.25) is 10.0 Å². The summed E-state index contributed by atoms with van der Waals surface area (Å²) in [6.45, 7) is 3.65. The van der Waals surface area contributed by atoms with E-state index < -0.39 is 33.1 Å². The third-order valence-electron chi connectivity index (χ3n) is 3.16. The lowest BCUT2D eigenvalue weighted by molar-refractivity contribution is -0.275. The summed E-state index contributed by atoms with van der Waals surface area (Å²) in [7, 11) is -4.20. The fourth-order valence-corrected chi connectivity index (χ4v) is 4.62. The molecular weight excluding hydrogens is 363 g/mol. The SMILES string of the molecule is CC(C)C(NS(=O)(=O)c1ccccc1OC(F)(F)F)c1cccs1. The quantitative estimate of drug-likeness (QED) is 0.813. The van der Waals surface area contributed by atoms with Crippen molar-refractivity contribution in [1.82, 2.24) is 4.72 Å². The molecule has 0 amide bonds. The molecule has 2 aromatic rings. The highest BCUT2D eigenvalue weighted by molar-refractivity contribution is 7.89. The number of para-hydroxylation sites is 1. The van der Waals surface area contributed by atoms with Gasteiger partial charge in [0.05, 0.1) is 6.04 Å². The van der Waals surface area contributed by atoms with Crippen molar-refractivity contribution < 1.29 is 26.3 Å². The highest BCUT2D eigenvalue weighted by Crippen LogP contribution is 2.32. The number of thiophene rings is 1. The van der Waals surface area contributed by atoms with Crippen molar-refractivity contribution in [3.63, 3.8) is 0 Å². The van der Waals surface area contributed by atoms with Gasteiger partial charge in [0.25, 0.3) is 0 Å². The number of sulfonamides is 1. The summed E-state index contributed by atoms with van der Waals surface area (Å²) in [4.78, 5) is 0.229. The molecule has 0 aliphatic heterocycles. The van der Waals surface area contributed by atoms with E-state index in [1.54, 1.807) is 17.5 Å². The number of alkyl halides is 3. The van der Waals surface area contributed by atoms with E-state index in [4.69, 9.17) is 0 Å². The fourth-order valence-electron chi connectivity index (χ4n) is 2.10. The maximum atomic E-state index is 12.6. The van der Waals surface area contributed by atoms with Gasteiger partial charge in [-0.05, 0) is 29.5 Å². The lowest BCUT2D eigenvalue weighted by Gasteiger charge is -2.22. The molecule has 0 bridgehead atoms. The van der Waals surface area contributed by atoms with Crippen LogP contribution in [0.2, 0.25) is 0 Å². The number of halogens is 3.